The molecule has 7 heteroatoms. The number of carbonyl (C=O) groups excluding carboxylic acids is 2. The Labute approximate surface area is 186 Å². The molecule has 2 amide bonds. The number of nitrogens with zero attached hydrogens (tertiary/aromatic N) is 2. The predicted molar refractivity (Wildman–Crippen MR) is 119 cm³/mol. The first-order valence-corrected chi connectivity index (χ1v) is 11.7. The Morgan fingerprint density at radius 3 is 2.35 bits per heavy atom. The minimum atomic E-state index is -0.790. The van der Waals surface area contributed by atoms with Crippen LogP contribution in [0.25, 0.3) is 0 Å². The molecule has 31 heavy (non-hydrogen) atoms. The lowest BCUT2D eigenvalue weighted by Gasteiger charge is -2.37. The SMILES string of the molecule is Cc1ccc(C2c3ccsc3CCN2C(=O)CCC(=O)N2CCC(C(=O)O)CC2)cc1. The van der Waals surface area contributed by atoms with Gasteiger partial charge in [-0.3, -0.25) is 14.4 Å². The van der Waals surface area contributed by atoms with Crippen LogP contribution in [0.15, 0.2) is 35.7 Å². The maximum absolute atomic E-state index is 13.2. The zero-order valence-corrected chi connectivity index (χ0v) is 18.6. The van der Waals surface area contributed by atoms with Crippen LogP contribution in [0.5, 0.6) is 0 Å². The van der Waals surface area contributed by atoms with E-state index in [1.54, 1.807) is 16.2 Å². The van der Waals surface area contributed by atoms with Crippen molar-refractivity contribution in [3.63, 3.8) is 0 Å². The van der Waals surface area contributed by atoms with E-state index in [4.69, 9.17) is 5.11 Å². The van der Waals surface area contributed by atoms with Gasteiger partial charge in [0.05, 0.1) is 12.0 Å². The smallest absolute Gasteiger partial charge is 0.306 e. The highest BCUT2D eigenvalue weighted by Crippen LogP contribution is 2.38. The number of carboxylic acids is 1. The van der Waals surface area contributed by atoms with Crippen LogP contribution in [-0.4, -0.2) is 52.3 Å². The van der Waals surface area contributed by atoms with Crippen LogP contribution in [0.1, 0.15) is 53.3 Å². The van der Waals surface area contributed by atoms with Crippen LogP contribution < -0.4 is 0 Å². The first-order valence-electron chi connectivity index (χ1n) is 10.9. The highest BCUT2D eigenvalue weighted by atomic mass is 32.1. The molecule has 164 valence electrons. The molecule has 1 saturated heterocycles. The van der Waals surface area contributed by atoms with Crippen molar-refractivity contribution >= 4 is 29.1 Å². The predicted octanol–water partition coefficient (Wildman–Crippen LogP) is 3.63. The molecule has 2 aliphatic heterocycles. The molecule has 0 spiro atoms. The van der Waals surface area contributed by atoms with Gasteiger partial charge in [-0.05, 0) is 48.8 Å². The molecule has 1 fully saturated rings. The van der Waals surface area contributed by atoms with Gasteiger partial charge < -0.3 is 14.9 Å². The monoisotopic (exact) mass is 440 g/mol. The number of likely N-dealkylation sites (tertiary alicyclic amines) is 1. The van der Waals surface area contributed by atoms with Crippen molar-refractivity contribution in [3.8, 4) is 0 Å². The molecular formula is C24H28N2O4S. The second-order valence-corrected chi connectivity index (χ2v) is 9.44. The second kappa shape index (κ2) is 9.22. The van der Waals surface area contributed by atoms with Crippen molar-refractivity contribution in [1.82, 2.24) is 9.80 Å². The Bertz CT molecular complexity index is 960. The fourth-order valence-electron chi connectivity index (χ4n) is 4.58. The molecule has 2 aliphatic rings. The van der Waals surface area contributed by atoms with Gasteiger partial charge in [0.1, 0.15) is 0 Å². The van der Waals surface area contributed by atoms with Gasteiger partial charge in [0.25, 0.3) is 0 Å². The molecule has 1 aromatic carbocycles. The molecule has 6 nitrogen and oxygen atoms in total. The van der Waals surface area contributed by atoms with E-state index in [0.717, 1.165) is 12.0 Å². The van der Waals surface area contributed by atoms with E-state index >= 15 is 0 Å². The molecule has 1 N–H and O–H groups in total. The van der Waals surface area contributed by atoms with Gasteiger partial charge in [-0.2, -0.15) is 0 Å². The number of piperidine rings is 1. The quantitative estimate of drug-likeness (QED) is 0.770. The van der Waals surface area contributed by atoms with Crippen LogP contribution >= 0.6 is 11.3 Å². The Morgan fingerprint density at radius 1 is 1.00 bits per heavy atom. The van der Waals surface area contributed by atoms with Crippen LogP contribution in [-0.2, 0) is 20.8 Å². The summed E-state index contributed by atoms with van der Waals surface area (Å²) in [4.78, 5) is 41.9. The number of aryl methyl sites for hydroxylation is 1. The van der Waals surface area contributed by atoms with Gasteiger partial charge in [0.2, 0.25) is 11.8 Å². The van der Waals surface area contributed by atoms with Crippen molar-refractivity contribution in [2.24, 2.45) is 5.92 Å². The molecule has 4 rings (SSSR count). The van der Waals surface area contributed by atoms with Gasteiger partial charge in [0, 0.05) is 37.4 Å². The van der Waals surface area contributed by atoms with Crippen molar-refractivity contribution in [2.75, 3.05) is 19.6 Å². The van der Waals surface area contributed by atoms with Crippen molar-refractivity contribution < 1.29 is 19.5 Å². The third-order valence-electron chi connectivity index (χ3n) is 6.43. The van der Waals surface area contributed by atoms with Crippen molar-refractivity contribution in [2.45, 2.75) is 45.1 Å². The Balaban J connectivity index is 1.42. The Kier molecular flexibility index (Phi) is 6.41. The summed E-state index contributed by atoms with van der Waals surface area (Å²) in [5.41, 5.74) is 3.47. The fourth-order valence-corrected chi connectivity index (χ4v) is 5.49. The average Bonchev–Trinajstić information content (AvgIpc) is 3.26. The van der Waals surface area contributed by atoms with E-state index < -0.39 is 5.97 Å². The number of aliphatic carboxylic acids is 1. The summed E-state index contributed by atoms with van der Waals surface area (Å²) in [6.45, 7) is 3.62. The zero-order chi connectivity index (χ0) is 22.0. The van der Waals surface area contributed by atoms with E-state index in [-0.39, 0.29) is 36.6 Å². The van der Waals surface area contributed by atoms with Crippen LogP contribution in [0.4, 0.5) is 0 Å². The number of thiophene rings is 1. The summed E-state index contributed by atoms with van der Waals surface area (Å²) in [7, 11) is 0. The highest BCUT2D eigenvalue weighted by molar-refractivity contribution is 7.10. The number of fused-ring (bicyclic) bond motifs is 1. The van der Waals surface area contributed by atoms with Crippen LogP contribution in [0, 0.1) is 12.8 Å². The molecule has 0 saturated carbocycles. The molecule has 1 unspecified atom stereocenters. The van der Waals surface area contributed by atoms with Crippen molar-refractivity contribution in [1.29, 1.82) is 0 Å². The Hall–Kier alpha value is -2.67. The van der Waals surface area contributed by atoms with Gasteiger partial charge in [-0.25, -0.2) is 0 Å². The van der Waals surface area contributed by atoms with Crippen LogP contribution in [0.3, 0.4) is 0 Å². The second-order valence-electron chi connectivity index (χ2n) is 8.44. The normalized spacial score (nSPS) is 19.2. The fraction of sp³-hybridized carbons (Fsp3) is 0.458. The summed E-state index contributed by atoms with van der Waals surface area (Å²) in [6, 6.07) is 10.3. The van der Waals surface area contributed by atoms with Gasteiger partial charge in [0.15, 0.2) is 0 Å². The molecular weight excluding hydrogens is 412 g/mol. The summed E-state index contributed by atoms with van der Waals surface area (Å²) < 4.78 is 0. The molecule has 2 aromatic rings. The first kappa shape index (κ1) is 21.6. The summed E-state index contributed by atoms with van der Waals surface area (Å²) in [5, 5.41) is 11.2. The lowest BCUT2D eigenvalue weighted by molar-refractivity contribution is -0.146. The number of amides is 2. The number of hydrogen-bond donors (Lipinski definition) is 1. The van der Waals surface area contributed by atoms with E-state index in [1.165, 1.54) is 16.0 Å². The van der Waals surface area contributed by atoms with Gasteiger partial charge >= 0.3 is 5.97 Å². The van der Waals surface area contributed by atoms with Gasteiger partial charge in [-0.15, -0.1) is 11.3 Å². The summed E-state index contributed by atoms with van der Waals surface area (Å²) >= 11 is 1.74. The minimum absolute atomic E-state index is 0.00352. The number of carboxylic acid groups (broad SMARTS) is 1. The van der Waals surface area contributed by atoms with Gasteiger partial charge in [-0.1, -0.05) is 29.8 Å². The maximum Gasteiger partial charge on any atom is 0.306 e. The molecule has 0 radical (unpaired) electrons. The van der Waals surface area contributed by atoms with E-state index in [1.807, 2.05) is 4.90 Å². The van der Waals surface area contributed by atoms with Crippen molar-refractivity contribution in [3.05, 3.63) is 57.3 Å². The lowest BCUT2D eigenvalue weighted by Crippen LogP contribution is -2.42. The first-order chi connectivity index (χ1) is 14.9. The molecule has 0 aliphatic carbocycles. The summed E-state index contributed by atoms with van der Waals surface area (Å²) in [6.07, 6.45) is 2.16. The number of rotatable bonds is 5. The topological polar surface area (TPSA) is 77.9 Å². The molecule has 1 aromatic heterocycles. The maximum atomic E-state index is 13.2. The van der Waals surface area contributed by atoms with E-state index in [9.17, 15) is 14.4 Å². The molecule has 0 bridgehead atoms. The lowest BCUT2D eigenvalue weighted by atomic mass is 9.92. The van der Waals surface area contributed by atoms with Crippen LogP contribution in [0.2, 0.25) is 0 Å². The average molecular weight is 441 g/mol. The number of benzene rings is 1. The molecule has 1 atom stereocenters. The zero-order valence-electron chi connectivity index (χ0n) is 17.8. The minimum Gasteiger partial charge on any atom is -0.481 e. The number of hydrogen-bond acceptors (Lipinski definition) is 4. The largest absolute Gasteiger partial charge is 0.481 e. The number of carbonyl (C=O) groups is 3. The standard InChI is InChI=1S/C24H28N2O4S/c1-16-2-4-17(5-3-16)23-19-11-15-31-20(19)10-14-26(23)22(28)7-6-21(27)25-12-8-18(9-13-25)24(29)30/h2-5,11,15,18,23H,6-10,12-14H2,1H3,(H,29,30). The van der Waals surface area contributed by atoms with E-state index in [0.29, 0.717) is 32.5 Å². The Morgan fingerprint density at radius 2 is 1.68 bits per heavy atom. The van der Waals surface area contributed by atoms with E-state index in [2.05, 4.69) is 42.6 Å². The third-order valence-corrected chi connectivity index (χ3v) is 7.43. The highest BCUT2D eigenvalue weighted by Gasteiger charge is 2.33. The summed E-state index contributed by atoms with van der Waals surface area (Å²) in [5.74, 6) is -1.22. The molecule has 3 heterocycles. The third kappa shape index (κ3) is 4.66.